The number of esters is 1. The van der Waals surface area contributed by atoms with Crippen LogP contribution in [0.2, 0.25) is 0 Å². The molecule has 5 nitrogen and oxygen atoms in total. The van der Waals surface area contributed by atoms with Gasteiger partial charge >= 0.3 is 5.97 Å². The molecule has 0 bridgehead atoms. The lowest BCUT2D eigenvalue weighted by Gasteiger charge is -2.26. The molecule has 0 spiro atoms. The van der Waals surface area contributed by atoms with Gasteiger partial charge in [0.2, 0.25) is 0 Å². The maximum Gasteiger partial charge on any atom is 0.337 e. The van der Waals surface area contributed by atoms with E-state index in [-0.39, 0.29) is 5.97 Å². The van der Waals surface area contributed by atoms with Gasteiger partial charge in [-0.1, -0.05) is 0 Å². The lowest BCUT2D eigenvalue weighted by atomic mass is 10.1. The average molecular weight is 246 g/mol. The van der Waals surface area contributed by atoms with Crippen LogP contribution in [-0.2, 0) is 9.47 Å². The van der Waals surface area contributed by atoms with Crippen molar-refractivity contribution in [1.29, 1.82) is 0 Å². The smallest absolute Gasteiger partial charge is 0.337 e. The van der Waals surface area contributed by atoms with Crippen LogP contribution in [0.4, 0.5) is 0 Å². The summed E-state index contributed by atoms with van der Waals surface area (Å²) in [6.45, 7) is 3.35. The van der Waals surface area contributed by atoms with Crippen LogP contribution in [0.1, 0.15) is 22.1 Å². The van der Waals surface area contributed by atoms with Crippen LogP contribution < -0.4 is 0 Å². The van der Waals surface area contributed by atoms with E-state index in [1.54, 1.807) is 6.07 Å². The summed E-state index contributed by atoms with van der Waals surface area (Å²) in [5.74, 6) is -0.323. The van der Waals surface area contributed by atoms with Gasteiger partial charge in [-0.3, -0.25) is 4.68 Å². The van der Waals surface area contributed by atoms with Gasteiger partial charge in [0.1, 0.15) is 0 Å². The first-order valence-electron chi connectivity index (χ1n) is 5.85. The van der Waals surface area contributed by atoms with Gasteiger partial charge < -0.3 is 9.47 Å². The minimum Gasteiger partial charge on any atom is -0.465 e. The molecular formula is C13H14N2O3. The predicted octanol–water partition coefficient (Wildman–Crippen LogP) is 1.70. The molecule has 0 radical (unpaired) electrons. The van der Waals surface area contributed by atoms with Gasteiger partial charge in [-0.15, -0.1) is 0 Å². The second-order valence-corrected chi connectivity index (χ2v) is 4.44. The molecule has 0 atom stereocenters. The zero-order valence-corrected chi connectivity index (χ0v) is 10.3. The highest BCUT2D eigenvalue weighted by atomic mass is 16.5. The number of ether oxygens (including phenoxy) is 2. The molecule has 18 heavy (non-hydrogen) atoms. The van der Waals surface area contributed by atoms with Crippen molar-refractivity contribution in [3.8, 4) is 0 Å². The Morgan fingerprint density at radius 1 is 1.50 bits per heavy atom. The Morgan fingerprint density at radius 2 is 2.28 bits per heavy atom. The lowest BCUT2D eigenvalue weighted by molar-refractivity contribution is -0.0267. The standard InChI is InChI=1S/C13H14N2O3/c1-8-11-5-9(13(16)17-2)3-4-12(11)15(14-8)10-6-18-7-10/h3-5,10H,6-7H2,1-2H3. The number of hydrogen-bond acceptors (Lipinski definition) is 4. The Labute approximate surface area is 104 Å². The molecule has 3 rings (SSSR count). The Kier molecular flexibility index (Phi) is 2.56. The van der Waals surface area contributed by atoms with E-state index in [0.29, 0.717) is 24.8 Å². The van der Waals surface area contributed by atoms with E-state index < -0.39 is 0 Å². The summed E-state index contributed by atoms with van der Waals surface area (Å²) in [5.41, 5.74) is 2.51. The molecule has 5 heteroatoms. The maximum absolute atomic E-state index is 11.5. The highest BCUT2D eigenvalue weighted by Crippen LogP contribution is 2.26. The fourth-order valence-electron chi connectivity index (χ4n) is 2.18. The largest absolute Gasteiger partial charge is 0.465 e. The van der Waals surface area contributed by atoms with Crippen molar-refractivity contribution in [3.63, 3.8) is 0 Å². The summed E-state index contributed by atoms with van der Waals surface area (Å²) in [4.78, 5) is 11.5. The van der Waals surface area contributed by atoms with Crippen molar-refractivity contribution in [2.45, 2.75) is 13.0 Å². The number of methoxy groups -OCH3 is 1. The number of carbonyl (C=O) groups is 1. The molecule has 94 valence electrons. The van der Waals surface area contributed by atoms with Crippen LogP contribution in [0, 0.1) is 6.92 Å². The molecule has 0 saturated carbocycles. The van der Waals surface area contributed by atoms with Crippen molar-refractivity contribution < 1.29 is 14.3 Å². The first kappa shape index (κ1) is 11.2. The van der Waals surface area contributed by atoms with Gasteiger partial charge in [-0.05, 0) is 25.1 Å². The summed E-state index contributed by atoms with van der Waals surface area (Å²) in [6, 6.07) is 5.83. The molecule has 2 heterocycles. The third-order valence-electron chi connectivity index (χ3n) is 3.28. The van der Waals surface area contributed by atoms with Gasteiger partial charge in [-0.25, -0.2) is 4.79 Å². The van der Waals surface area contributed by atoms with E-state index in [2.05, 4.69) is 5.10 Å². The van der Waals surface area contributed by atoms with Gasteiger partial charge in [-0.2, -0.15) is 5.10 Å². The van der Waals surface area contributed by atoms with E-state index in [1.165, 1.54) is 7.11 Å². The molecule has 0 unspecified atom stereocenters. The number of rotatable bonds is 2. The summed E-state index contributed by atoms with van der Waals surface area (Å²) < 4.78 is 11.9. The van der Waals surface area contributed by atoms with Crippen LogP contribution in [0.15, 0.2) is 18.2 Å². The number of nitrogens with zero attached hydrogens (tertiary/aromatic N) is 2. The molecule has 2 aromatic rings. The normalized spacial score (nSPS) is 15.7. The zero-order chi connectivity index (χ0) is 12.7. The molecule has 1 saturated heterocycles. The van der Waals surface area contributed by atoms with E-state index in [4.69, 9.17) is 9.47 Å². The molecule has 1 aromatic carbocycles. The Morgan fingerprint density at radius 3 is 2.89 bits per heavy atom. The molecule has 1 aromatic heterocycles. The number of aryl methyl sites for hydroxylation is 1. The highest BCUT2D eigenvalue weighted by Gasteiger charge is 2.24. The number of benzene rings is 1. The first-order valence-corrected chi connectivity index (χ1v) is 5.85. The Hall–Kier alpha value is -1.88. The minimum atomic E-state index is -0.323. The molecule has 1 aliphatic heterocycles. The quantitative estimate of drug-likeness (QED) is 0.757. The number of aromatic nitrogens is 2. The van der Waals surface area contributed by atoms with E-state index in [0.717, 1.165) is 16.6 Å². The van der Waals surface area contributed by atoms with Gasteiger partial charge in [0, 0.05) is 5.39 Å². The Balaban J connectivity index is 2.11. The summed E-state index contributed by atoms with van der Waals surface area (Å²) in [5, 5.41) is 5.51. The molecule has 0 N–H and O–H groups in total. The number of fused-ring (bicyclic) bond motifs is 1. The van der Waals surface area contributed by atoms with Gasteiger partial charge in [0.25, 0.3) is 0 Å². The van der Waals surface area contributed by atoms with Crippen molar-refractivity contribution in [2.24, 2.45) is 0 Å². The van der Waals surface area contributed by atoms with Crippen LogP contribution in [0.25, 0.3) is 10.9 Å². The van der Waals surface area contributed by atoms with Gasteiger partial charge in [0.15, 0.2) is 0 Å². The number of hydrogen-bond donors (Lipinski definition) is 0. The van der Waals surface area contributed by atoms with Crippen LogP contribution in [-0.4, -0.2) is 36.1 Å². The molecule has 0 aliphatic carbocycles. The summed E-state index contributed by atoms with van der Waals surface area (Å²) in [6.07, 6.45) is 0. The third kappa shape index (κ3) is 1.59. The summed E-state index contributed by atoms with van der Waals surface area (Å²) >= 11 is 0. The van der Waals surface area contributed by atoms with E-state index in [9.17, 15) is 4.79 Å². The molecule has 0 amide bonds. The fraction of sp³-hybridized carbons (Fsp3) is 0.385. The van der Waals surface area contributed by atoms with Gasteiger partial charge in [0.05, 0.1) is 43.1 Å². The SMILES string of the molecule is COC(=O)c1ccc2c(c1)c(C)nn2C1COC1. The minimum absolute atomic E-state index is 0.310. The molecular weight excluding hydrogens is 232 g/mol. The van der Waals surface area contributed by atoms with Crippen molar-refractivity contribution in [2.75, 3.05) is 20.3 Å². The maximum atomic E-state index is 11.5. The van der Waals surface area contributed by atoms with Crippen LogP contribution in [0.5, 0.6) is 0 Å². The van der Waals surface area contributed by atoms with Crippen molar-refractivity contribution in [1.82, 2.24) is 9.78 Å². The topological polar surface area (TPSA) is 53.3 Å². The van der Waals surface area contributed by atoms with Crippen molar-refractivity contribution in [3.05, 3.63) is 29.5 Å². The second-order valence-electron chi connectivity index (χ2n) is 4.44. The predicted molar refractivity (Wildman–Crippen MR) is 65.7 cm³/mol. The van der Waals surface area contributed by atoms with Crippen LogP contribution in [0.3, 0.4) is 0 Å². The van der Waals surface area contributed by atoms with E-state index in [1.807, 2.05) is 23.7 Å². The van der Waals surface area contributed by atoms with Crippen molar-refractivity contribution >= 4 is 16.9 Å². The fourth-order valence-corrected chi connectivity index (χ4v) is 2.18. The monoisotopic (exact) mass is 246 g/mol. The average Bonchev–Trinajstić information content (AvgIpc) is 2.63. The Bertz CT molecular complexity index is 614. The first-order chi connectivity index (χ1) is 8.70. The molecule has 1 fully saturated rings. The summed E-state index contributed by atoms with van der Waals surface area (Å²) in [7, 11) is 1.38. The lowest BCUT2D eigenvalue weighted by Crippen LogP contribution is -2.31. The number of carbonyl (C=O) groups excluding carboxylic acids is 1. The highest BCUT2D eigenvalue weighted by molar-refractivity contribution is 5.95. The van der Waals surface area contributed by atoms with Crippen LogP contribution >= 0.6 is 0 Å². The molecule has 1 aliphatic rings. The van der Waals surface area contributed by atoms with E-state index >= 15 is 0 Å². The third-order valence-corrected chi connectivity index (χ3v) is 3.28. The second kappa shape index (κ2) is 4.10. The zero-order valence-electron chi connectivity index (χ0n) is 10.3.